The molecule has 11 heteroatoms. The van der Waals surface area contributed by atoms with E-state index in [0.717, 1.165) is 0 Å². The normalized spacial score (nSPS) is 11.0. The first-order chi connectivity index (χ1) is 13.6. The SMILES string of the molecule is CC(C)(C)OC(=O)NOCCCCNC(=O)CCCC(=O)On1c(O)ccc1O. The number of carbonyl (C=O) groups is 3. The number of carbonyl (C=O) groups excluding carboxylic acids is 3. The molecule has 0 aromatic carbocycles. The molecule has 29 heavy (non-hydrogen) atoms. The standard InChI is InChI=1S/C18H29N3O8/c1-18(2,3)28-17(26)20-27-12-5-4-11-19-13(22)7-6-8-16(25)29-21-14(23)9-10-15(21)24/h9-10,23-24H,4-8,11-12H2,1-3H3,(H,19,22)(H,20,26). The maximum absolute atomic E-state index is 11.7. The van der Waals surface area contributed by atoms with Crippen molar-refractivity contribution in [2.45, 2.75) is 58.5 Å². The molecule has 0 radical (unpaired) electrons. The van der Waals surface area contributed by atoms with Gasteiger partial charge in [0.2, 0.25) is 17.7 Å². The minimum Gasteiger partial charge on any atom is -0.492 e. The number of nitrogens with one attached hydrogen (secondary N) is 2. The fraction of sp³-hybridized carbons (Fsp3) is 0.611. The van der Waals surface area contributed by atoms with Crippen molar-refractivity contribution in [1.82, 2.24) is 15.5 Å². The molecular weight excluding hydrogens is 386 g/mol. The molecule has 0 saturated heterocycles. The molecular formula is C18H29N3O8. The summed E-state index contributed by atoms with van der Waals surface area (Å²) < 4.78 is 5.60. The number of hydrogen-bond donors (Lipinski definition) is 4. The maximum Gasteiger partial charge on any atom is 0.431 e. The van der Waals surface area contributed by atoms with Crippen molar-refractivity contribution in [3.8, 4) is 11.8 Å². The van der Waals surface area contributed by atoms with Crippen LogP contribution in [0.5, 0.6) is 11.8 Å². The Bertz CT molecular complexity index is 662. The molecule has 0 aliphatic carbocycles. The summed E-state index contributed by atoms with van der Waals surface area (Å²) in [5.41, 5.74) is 1.58. The Balaban J connectivity index is 2.02. The van der Waals surface area contributed by atoms with Gasteiger partial charge in [0.15, 0.2) is 0 Å². The number of rotatable bonds is 11. The maximum atomic E-state index is 11.7. The van der Waals surface area contributed by atoms with Gasteiger partial charge in [-0.15, -0.1) is 4.73 Å². The number of unbranched alkanes of at least 4 members (excludes halogenated alkanes) is 1. The average Bonchev–Trinajstić information content (AvgIpc) is 2.91. The topological polar surface area (TPSA) is 148 Å². The lowest BCUT2D eigenvalue weighted by Gasteiger charge is -2.19. The van der Waals surface area contributed by atoms with Crippen LogP contribution in [0, 0.1) is 0 Å². The number of aromatic nitrogens is 1. The highest BCUT2D eigenvalue weighted by atomic mass is 16.7. The Morgan fingerprint density at radius 3 is 2.31 bits per heavy atom. The van der Waals surface area contributed by atoms with Gasteiger partial charge in [0.1, 0.15) is 5.60 Å². The van der Waals surface area contributed by atoms with Crippen LogP contribution < -0.4 is 15.6 Å². The summed E-state index contributed by atoms with van der Waals surface area (Å²) in [4.78, 5) is 44.4. The predicted molar refractivity (Wildman–Crippen MR) is 101 cm³/mol. The molecule has 0 aliphatic heterocycles. The monoisotopic (exact) mass is 415 g/mol. The van der Waals surface area contributed by atoms with E-state index in [1.54, 1.807) is 20.8 Å². The molecule has 0 fully saturated rings. The van der Waals surface area contributed by atoms with Crippen LogP contribution in [0.1, 0.15) is 52.9 Å². The van der Waals surface area contributed by atoms with Gasteiger partial charge in [0.25, 0.3) is 0 Å². The number of aromatic hydroxyl groups is 2. The predicted octanol–water partition coefficient (Wildman–Crippen LogP) is 1.38. The molecule has 0 spiro atoms. The Labute approximate surface area is 168 Å². The molecule has 0 saturated carbocycles. The van der Waals surface area contributed by atoms with E-state index in [1.165, 1.54) is 12.1 Å². The minimum absolute atomic E-state index is 0.0470. The molecule has 1 aromatic rings. The summed E-state index contributed by atoms with van der Waals surface area (Å²) in [6.07, 6.45) is 0.953. The van der Waals surface area contributed by atoms with E-state index in [-0.39, 0.29) is 31.8 Å². The van der Waals surface area contributed by atoms with Crippen molar-refractivity contribution in [2.75, 3.05) is 13.2 Å². The lowest BCUT2D eigenvalue weighted by Crippen LogP contribution is -2.32. The molecule has 0 bridgehead atoms. The molecule has 2 amide bonds. The van der Waals surface area contributed by atoms with Crippen molar-refractivity contribution in [1.29, 1.82) is 0 Å². The first kappa shape index (κ1) is 24.1. The first-order valence-corrected chi connectivity index (χ1v) is 9.27. The summed E-state index contributed by atoms with van der Waals surface area (Å²) in [7, 11) is 0. The number of ether oxygens (including phenoxy) is 1. The van der Waals surface area contributed by atoms with Crippen LogP contribution in [0.2, 0.25) is 0 Å². The van der Waals surface area contributed by atoms with Crippen molar-refractivity contribution in [3.63, 3.8) is 0 Å². The van der Waals surface area contributed by atoms with Gasteiger partial charge >= 0.3 is 12.1 Å². The summed E-state index contributed by atoms with van der Waals surface area (Å²) in [6.45, 7) is 5.95. The second kappa shape index (κ2) is 11.8. The Morgan fingerprint density at radius 1 is 1.03 bits per heavy atom. The molecule has 0 atom stereocenters. The zero-order chi connectivity index (χ0) is 21.9. The molecule has 11 nitrogen and oxygen atoms in total. The summed E-state index contributed by atoms with van der Waals surface area (Å²) in [5.74, 6) is -1.70. The largest absolute Gasteiger partial charge is 0.492 e. The third-order valence-corrected chi connectivity index (χ3v) is 3.33. The molecule has 164 valence electrons. The zero-order valence-corrected chi connectivity index (χ0v) is 16.9. The molecule has 1 rings (SSSR count). The van der Waals surface area contributed by atoms with E-state index < -0.39 is 29.4 Å². The van der Waals surface area contributed by atoms with Gasteiger partial charge in [-0.05, 0) is 40.0 Å². The van der Waals surface area contributed by atoms with Gasteiger partial charge < -0.3 is 25.1 Å². The van der Waals surface area contributed by atoms with E-state index in [0.29, 0.717) is 24.1 Å². The molecule has 1 heterocycles. The van der Waals surface area contributed by atoms with Crippen molar-refractivity contribution < 1.29 is 39.0 Å². The minimum atomic E-state index is -0.686. The number of hydroxylamine groups is 1. The highest BCUT2D eigenvalue weighted by Crippen LogP contribution is 2.18. The summed E-state index contributed by atoms with van der Waals surface area (Å²) in [5, 5.41) is 21.4. The fourth-order valence-corrected chi connectivity index (χ4v) is 2.06. The first-order valence-electron chi connectivity index (χ1n) is 9.27. The fourth-order valence-electron chi connectivity index (χ4n) is 2.06. The molecule has 0 unspecified atom stereocenters. The second-order valence-corrected chi connectivity index (χ2v) is 7.17. The van der Waals surface area contributed by atoms with Crippen LogP contribution >= 0.6 is 0 Å². The third-order valence-electron chi connectivity index (χ3n) is 3.33. The van der Waals surface area contributed by atoms with E-state index in [4.69, 9.17) is 14.4 Å². The summed E-state index contributed by atoms with van der Waals surface area (Å²) >= 11 is 0. The van der Waals surface area contributed by atoms with Gasteiger partial charge in [-0.1, -0.05) is 0 Å². The van der Waals surface area contributed by atoms with Crippen molar-refractivity contribution in [2.24, 2.45) is 0 Å². The quantitative estimate of drug-likeness (QED) is 0.313. The van der Waals surface area contributed by atoms with Gasteiger partial charge in [0, 0.05) is 31.5 Å². The Hall–Kier alpha value is -2.95. The van der Waals surface area contributed by atoms with Crippen LogP contribution in [0.25, 0.3) is 0 Å². The highest BCUT2D eigenvalue weighted by Gasteiger charge is 2.16. The van der Waals surface area contributed by atoms with Crippen molar-refractivity contribution >= 4 is 18.0 Å². The lowest BCUT2D eigenvalue weighted by atomic mass is 10.2. The van der Waals surface area contributed by atoms with Crippen LogP contribution in [0.4, 0.5) is 4.79 Å². The molecule has 0 aliphatic rings. The number of hydrogen-bond acceptors (Lipinski definition) is 8. The lowest BCUT2D eigenvalue weighted by molar-refractivity contribution is -0.145. The van der Waals surface area contributed by atoms with E-state index in [1.807, 2.05) is 0 Å². The highest BCUT2D eigenvalue weighted by molar-refractivity contribution is 5.77. The smallest absolute Gasteiger partial charge is 0.431 e. The van der Waals surface area contributed by atoms with Crippen molar-refractivity contribution in [3.05, 3.63) is 12.1 Å². The van der Waals surface area contributed by atoms with Crippen LogP contribution in [0.3, 0.4) is 0 Å². The van der Waals surface area contributed by atoms with Gasteiger partial charge in [-0.25, -0.2) is 9.59 Å². The van der Waals surface area contributed by atoms with Crippen LogP contribution in [-0.2, 0) is 19.2 Å². The van der Waals surface area contributed by atoms with Gasteiger partial charge in [0.05, 0.1) is 6.61 Å². The summed E-state index contributed by atoms with van der Waals surface area (Å²) in [6, 6.07) is 2.35. The Morgan fingerprint density at radius 2 is 1.69 bits per heavy atom. The number of nitrogens with zero attached hydrogens (tertiary/aromatic N) is 1. The van der Waals surface area contributed by atoms with E-state index >= 15 is 0 Å². The molecule has 1 aromatic heterocycles. The zero-order valence-electron chi connectivity index (χ0n) is 16.9. The van der Waals surface area contributed by atoms with Gasteiger partial charge in [-0.3, -0.25) is 9.63 Å². The van der Waals surface area contributed by atoms with E-state index in [2.05, 4.69) is 10.8 Å². The Kier molecular flexibility index (Phi) is 9.80. The van der Waals surface area contributed by atoms with E-state index in [9.17, 15) is 24.6 Å². The average molecular weight is 415 g/mol. The number of amides is 2. The molecule has 4 N–H and O–H groups in total. The van der Waals surface area contributed by atoms with Gasteiger partial charge in [-0.2, -0.15) is 5.48 Å². The van der Waals surface area contributed by atoms with Crippen LogP contribution in [0.15, 0.2) is 12.1 Å². The third kappa shape index (κ3) is 10.8. The second-order valence-electron chi connectivity index (χ2n) is 7.17. The van der Waals surface area contributed by atoms with Crippen LogP contribution in [-0.4, -0.2) is 51.7 Å².